The fourth-order valence-corrected chi connectivity index (χ4v) is 5.79. The Morgan fingerprint density at radius 2 is 1.51 bits per heavy atom. The molecule has 0 aliphatic heterocycles. The molecule has 0 saturated carbocycles. The molecule has 39 heavy (non-hydrogen) atoms. The Balaban J connectivity index is 1.77. The Kier molecular flexibility index (Phi) is 8.56. The van der Waals surface area contributed by atoms with Gasteiger partial charge in [0.1, 0.15) is 18.0 Å². The van der Waals surface area contributed by atoms with Gasteiger partial charge in [-0.3, -0.25) is 9.10 Å². The van der Waals surface area contributed by atoms with Crippen molar-refractivity contribution in [2.75, 3.05) is 25.1 Å². The molecule has 0 fully saturated rings. The van der Waals surface area contributed by atoms with Crippen molar-refractivity contribution < 1.29 is 22.7 Å². The van der Waals surface area contributed by atoms with Gasteiger partial charge in [-0.05, 0) is 54.8 Å². The van der Waals surface area contributed by atoms with Crippen LogP contribution < -0.4 is 19.1 Å². The van der Waals surface area contributed by atoms with Crippen LogP contribution in [0.2, 0.25) is 0 Å². The van der Waals surface area contributed by atoms with Crippen molar-refractivity contribution in [2.24, 2.45) is 0 Å². The molecule has 4 aromatic carbocycles. The maximum Gasteiger partial charge on any atom is 0.264 e. The van der Waals surface area contributed by atoms with Crippen molar-refractivity contribution in [1.82, 2.24) is 5.32 Å². The highest BCUT2D eigenvalue weighted by molar-refractivity contribution is 7.92. The van der Waals surface area contributed by atoms with Crippen LogP contribution in [0, 0.1) is 13.8 Å². The van der Waals surface area contributed by atoms with Gasteiger partial charge < -0.3 is 14.8 Å². The van der Waals surface area contributed by atoms with Crippen LogP contribution in [-0.2, 0) is 14.8 Å². The fourth-order valence-electron chi connectivity index (χ4n) is 4.36. The van der Waals surface area contributed by atoms with Crippen molar-refractivity contribution >= 4 is 21.6 Å². The molecule has 4 aromatic rings. The predicted molar refractivity (Wildman–Crippen MR) is 153 cm³/mol. The van der Waals surface area contributed by atoms with Crippen molar-refractivity contribution in [3.05, 3.63) is 119 Å². The van der Waals surface area contributed by atoms with E-state index in [4.69, 9.17) is 9.47 Å². The summed E-state index contributed by atoms with van der Waals surface area (Å²) in [5.41, 5.74) is 3.92. The first-order valence-electron chi connectivity index (χ1n) is 12.5. The molecule has 0 aliphatic rings. The van der Waals surface area contributed by atoms with Gasteiger partial charge in [-0.1, -0.05) is 72.3 Å². The Morgan fingerprint density at radius 3 is 2.15 bits per heavy atom. The molecule has 1 N–H and O–H groups in total. The standard InChI is InChI=1S/C31H32N2O5S/c1-22-14-17-26(18-15-22)39(35,36)33(28-20-25(37-3)16-19-29(28)38-4)21-30(34)32-31(24-11-6-5-7-12-24)27-13-9-8-10-23(27)2/h5-20,31H,21H2,1-4H3,(H,32,34)/t31-/m0/s1. The molecule has 0 aliphatic carbocycles. The molecular formula is C31H32N2O5S. The van der Waals surface area contributed by atoms with Crippen LogP contribution in [0.25, 0.3) is 0 Å². The highest BCUT2D eigenvalue weighted by Crippen LogP contribution is 2.36. The minimum atomic E-state index is -4.16. The first-order valence-corrected chi connectivity index (χ1v) is 13.9. The zero-order valence-corrected chi connectivity index (χ0v) is 23.2. The highest BCUT2D eigenvalue weighted by atomic mass is 32.2. The lowest BCUT2D eigenvalue weighted by atomic mass is 9.95. The highest BCUT2D eigenvalue weighted by Gasteiger charge is 2.31. The number of ether oxygens (including phenoxy) is 2. The average molecular weight is 545 g/mol. The van der Waals surface area contributed by atoms with Gasteiger partial charge >= 0.3 is 0 Å². The van der Waals surface area contributed by atoms with E-state index >= 15 is 0 Å². The smallest absolute Gasteiger partial charge is 0.264 e. The number of nitrogens with zero attached hydrogens (tertiary/aromatic N) is 1. The predicted octanol–water partition coefficient (Wildman–Crippen LogP) is 5.42. The Labute approximate surface area is 230 Å². The van der Waals surface area contributed by atoms with Crippen molar-refractivity contribution in [1.29, 1.82) is 0 Å². The van der Waals surface area contributed by atoms with E-state index in [2.05, 4.69) is 5.32 Å². The van der Waals surface area contributed by atoms with Gasteiger partial charge in [-0.2, -0.15) is 0 Å². The van der Waals surface area contributed by atoms with Crippen LogP contribution in [0.4, 0.5) is 5.69 Å². The number of hydrogen-bond donors (Lipinski definition) is 1. The van der Waals surface area contributed by atoms with Crippen molar-refractivity contribution in [2.45, 2.75) is 24.8 Å². The molecule has 0 heterocycles. The third kappa shape index (κ3) is 6.23. The van der Waals surface area contributed by atoms with E-state index in [0.717, 1.165) is 26.6 Å². The molecule has 1 amide bonds. The van der Waals surface area contributed by atoms with Crippen LogP contribution in [-0.4, -0.2) is 35.1 Å². The normalized spacial score (nSPS) is 11.9. The lowest BCUT2D eigenvalue weighted by Crippen LogP contribution is -2.42. The second-order valence-corrected chi connectivity index (χ2v) is 11.0. The summed E-state index contributed by atoms with van der Waals surface area (Å²) in [5.74, 6) is 0.239. The second kappa shape index (κ2) is 12.0. The number of rotatable bonds is 10. The fraction of sp³-hybridized carbons (Fsp3) is 0.194. The molecule has 0 spiro atoms. The Bertz CT molecular complexity index is 1540. The summed E-state index contributed by atoms with van der Waals surface area (Å²) in [6.45, 7) is 3.38. The Morgan fingerprint density at radius 1 is 0.846 bits per heavy atom. The molecule has 0 unspecified atom stereocenters. The average Bonchev–Trinajstić information content (AvgIpc) is 2.95. The van der Waals surface area contributed by atoms with E-state index in [-0.39, 0.29) is 16.3 Å². The summed E-state index contributed by atoms with van der Waals surface area (Å²) in [6, 6.07) is 28.2. The molecule has 0 saturated heterocycles. The van der Waals surface area contributed by atoms with Crippen LogP contribution in [0.3, 0.4) is 0 Å². The van der Waals surface area contributed by atoms with Gasteiger partial charge in [0.25, 0.3) is 10.0 Å². The van der Waals surface area contributed by atoms with Crippen molar-refractivity contribution in [3.63, 3.8) is 0 Å². The number of carbonyl (C=O) groups excluding carboxylic acids is 1. The summed E-state index contributed by atoms with van der Waals surface area (Å²) < 4.78 is 39.9. The molecule has 0 radical (unpaired) electrons. The summed E-state index contributed by atoms with van der Waals surface area (Å²) in [7, 11) is -1.22. The number of amides is 1. The zero-order chi connectivity index (χ0) is 28.0. The molecule has 7 nitrogen and oxygen atoms in total. The summed E-state index contributed by atoms with van der Waals surface area (Å²) in [5, 5.41) is 3.07. The quantitative estimate of drug-likeness (QED) is 0.288. The van der Waals surface area contributed by atoms with E-state index in [1.165, 1.54) is 26.4 Å². The number of anilines is 1. The lowest BCUT2D eigenvalue weighted by molar-refractivity contribution is -0.120. The minimum absolute atomic E-state index is 0.0595. The van der Waals surface area contributed by atoms with Crippen LogP contribution >= 0.6 is 0 Å². The maximum absolute atomic E-state index is 14.0. The van der Waals surface area contributed by atoms with Crippen molar-refractivity contribution in [3.8, 4) is 11.5 Å². The third-order valence-corrected chi connectivity index (χ3v) is 8.26. The summed E-state index contributed by atoms with van der Waals surface area (Å²) in [4.78, 5) is 13.8. The van der Waals surface area contributed by atoms with Gasteiger partial charge in [0.15, 0.2) is 0 Å². The van der Waals surface area contributed by atoms with Gasteiger partial charge in [0, 0.05) is 6.07 Å². The largest absolute Gasteiger partial charge is 0.497 e. The SMILES string of the molecule is COc1ccc(OC)c(N(CC(=O)N[C@@H](c2ccccc2)c2ccccc2C)S(=O)(=O)c2ccc(C)cc2)c1. The summed E-state index contributed by atoms with van der Waals surface area (Å²) in [6.07, 6.45) is 0. The van der Waals surface area contributed by atoms with E-state index in [9.17, 15) is 13.2 Å². The first-order chi connectivity index (χ1) is 18.7. The number of sulfonamides is 1. The minimum Gasteiger partial charge on any atom is -0.497 e. The molecule has 8 heteroatoms. The van der Waals surface area contributed by atoms with Gasteiger partial charge in [-0.25, -0.2) is 8.42 Å². The topological polar surface area (TPSA) is 84.9 Å². The molecule has 0 bridgehead atoms. The molecule has 1 atom stereocenters. The number of nitrogens with one attached hydrogen (secondary N) is 1. The summed E-state index contributed by atoms with van der Waals surface area (Å²) >= 11 is 0. The monoisotopic (exact) mass is 544 g/mol. The number of hydrogen-bond acceptors (Lipinski definition) is 5. The first kappa shape index (κ1) is 27.7. The number of aryl methyl sites for hydroxylation is 2. The molecule has 4 rings (SSSR count). The Hall–Kier alpha value is -4.30. The van der Waals surface area contributed by atoms with Gasteiger partial charge in [0.2, 0.25) is 5.91 Å². The van der Waals surface area contributed by atoms with Gasteiger partial charge in [0.05, 0.1) is 30.8 Å². The molecule has 202 valence electrons. The van der Waals surface area contributed by atoms with E-state index < -0.39 is 28.5 Å². The molecule has 0 aromatic heterocycles. The second-order valence-electron chi connectivity index (χ2n) is 9.13. The number of methoxy groups -OCH3 is 2. The van der Waals surface area contributed by atoms with Gasteiger partial charge in [-0.15, -0.1) is 0 Å². The van der Waals surface area contributed by atoms with E-state index in [0.29, 0.717) is 5.75 Å². The third-order valence-electron chi connectivity index (χ3n) is 6.49. The van der Waals surface area contributed by atoms with E-state index in [1.807, 2.05) is 68.4 Å². The van der Waals surface area contributed by atoms with Crippen LogP contribution in [0.1, 0.15) is 28.3 Å². The number of benzene rings is 4. The zero-order valence-electron chi connectivity index (χ0n) is 22.4. The lowest BCUT2D eigenvalue weighted by Gasteiger charge is -2.28. The van der Waals surface area contributed by atoms with E-state index in [1.54, 1.807) is 30.3 Å². The molecular weight excluding hydrogens is 512 g/mol. The van der Waals surface area contributed by atoms with Crippen LogP contribution in [0.15, 0.2) is 102 Å². The number of carbonyl (C=O) groups is 1. The maximum atomic E-state index is 14.0. The van der Waals surface area contributed by atoms with Crippen LogP contribution in [0.5, 0.6) is 11.5 Å².